The zero-order valence-corrected chi connectivity index (χ0v) is 15.2. The van der Waals surface area contributed by atoms with Gasteiger partial charge in [0, 0.05) is 30.1 Å². The predicted molar refractivity (Wildman–Crippen MR) is 88.2 cm³/mol. The molecule has 1 aliphatic rings. The number of aryl methyl sites for hydroxylation is 1. The highest BCUT2D eigenvalue weighted by Crippen LogP contribution is 2.33. The summed E-state index contributed by atoms with van der Waals surface area (Å²) in [5.74, 6) is 0. The topological polar surface area (TPSA) is 49.4 Å². The van der Waals surface area contributed by atoms with E-state index in [2.05, 4.69) is 5.32 Å². The first-order chi connectivity index (χ1) is 9.70. The average Bonchev–Trinajstić information content (AvgIpc) is 3.18. The van der Waals surface area contributed by atoms with Crippen molar-refractivity contribution in [3.05, 3.63) is 15.8 Å². The molecule has 1 saturated carbocycles. The molecule has 0 unspecified atom stereocenters. The van der Waals surface area contributed by atoms with Gasteiger partial charge in [0.1, 0.15) is 4.90 Å². The van der Waals surface area contributed by atoms with E-state index >= 15 is 0 Å². The van der Waals surface area contributed by atoms with Crippen LogP contribution in [0.4, 0.5) is 0 Å². The van der Waals surface area contributed by atoms with Gasteiger partial charge in [0.05, 0.1) is 0 Å². The normalized spacial score (nSPS) is 16.7. The highest BCUT2D eigenvalue weighted by Gasteiger charge is 2.35. The van der Waals surface area contributed by atoms with Crippen LogP contribution in [-0.4, -0.2) is 31.4 Å². The van der Waals surface area contributed by atoms with Gasteiger partial charge in [0.2, 0.25) is 10.0 Å². The third-order valence-electron chi connectivity index (χ3n) is 4.45. The van der Waals surface area contributed by atoms with Gasteiger partial charge in [-0.25, -0.2) is 8.42 Å². The minimum Gasteiger partial charge on any atom is -0.309 e. The first-order valence-corrected chi connectivity index (χ1v) is 9.81. The van der Waals surface area contributed by atoms with Crippen LogP contribution >= 0.6 is 11.3 Å². The van der Waals surface area contributed by atoms with Crippen molar-refractivity contribution >= 4 is 21.4 Å². The standard InChI is InChI=1S/C15H26N2O2S2/c1-6-15(3,4)17(5)21(18,19)14-11(2)10-20-13(14)9-16-12-7-8-12/h10,12,16H,6-9H2,1-5H3. The number of thiophene rings is 1. The molecule has 1 heterocycles. The van der Waals surface area contributed by atoms with E-state index in [9.17, 15) is 8.42 Å². The lowest BCUT2D eigenvalue weighted by atomic mass is 10.0. The lowest BCUT2D eigenvalue weighted by molar-refractivity contribution is 0.257. The highest BCUT2D eigenvalue weighted by atomic mass is 32.2. The Hall–Kier alpha value is -0.430. The van der Waals surface area contributed by atoms with Gasteiger partial charge in [-0.15, -0.1) is 11.3 Å². The third kappa shape index (κ3) is 3.50. The Morgan fingerprint density at radius 3 is 2.57 bits per heavy atom. The van der Waals surface area contributed by atoms with Gasteiger partial charge in [0.25, 0.3) is 0 Å². The number of rotatable bonds is 7. The molecule has 0 atom stereocenters. The molecule has 4 nitrogen and oxygen atoms in total. The number of nitrogens with one attached hydrogen (secondary N) is 1. The SMILES string of the molecule is CCC(C)(C)N(C)S(=O)(=O)c1c(C)csc1CNC1CC1. The Morgan fingerprint density at radius 2 is 2.05 bits per heavy atom. The molecule has 1 aromatic rings. The summed E-state index contributed by atoms with van der Waals surface area (Å²) in [6.07, 6.45) is 3.19. The van der Waals surface area contributed by atoms with Crippen molar-refractivity contribution in [3.8, 4) is 0 Å². The van der Waals surface area contributed by atoms with Crippen LogP contribution in [0.3, 0.4) is 0 Å². The maximum Gasteiger partial charge on any atom is 0.244 e. The lowest BCUT2D eigenvalue weighted by Gasteiger charge is -2.34. The van der Waals surface area contributed by atoms with E-state index in [4.69, 9.17) is 0 Å². The minimum absolute atomic E-state index is 0.381. The Morgan fingerprint density at radius 1 is 1.43 bits per heavy atom. The first kappa shape index (κ1) is 16.9. The monoisotopic (exact) mass is 330 g/mol. The lowest BCUT2D eigenvalue weighted by Crippen LogP contribution is -2.44. The maximum absolute atomic E-state index is 13.0. The molecule has 6 heteroatoms. The summed E-state index contributed by atoms with van der Waals surface area (Å²) in [5, 5.41) is 5.37. The van der Waals surface area contributed by atoms with Gasteiger partial charge in [-0.1, -0.05) is 6.92 Å². The molecule has 0 aliphatic heterocycles. The third-order valence-corrected chi connectivity index (χ3v) is 7.99. The summed E-state index contributed by atoms with van der Waals surface area (Å²) in [6, 6.07) is 0.577. The quantitative estimate of drug-likeness (QED) is 0.835. The molecule has 21 heavy (non-hydrogen) atoms. The molecule has 1 N–H and O–H groups in total. The molecule has 0 spiro atoms. The van der Waals surface area contributed by atoms with E-state index in [-0.39, 0.29) is 5.54 Å². The zero-order chi connectivity index (χ0) is 15.8. The molecule has 0 radical (unpaired) electrons. The van der Waals surface area contributed by atoms with E-state index in [1.165, 1.54) is 17.1 Å². The molecule has 1 fully saturated rings. The number of nitrogens with zero attached hydrogens (tertiary/aromatic N) is 1. The van der Waals surface area contributed by atoms with Crippen LogP contribution in [0.5, 0.6) is 0 Å². The fourth-order valence-corrected chi connectivity index (χ4v) is 5.45. The summed E-state index contributed by atoms with van der Waals surface area (Å²) in [5.41, 5.74) is 0.473. The van der Waals surface area contributed by atoms with Crippen LogP contribution in [0.2, 0.25) is 0 Å². The van der Waals surface area contributed by atoms with Crippen LogP contribution in [0.25, 0.3) is 0 Å². The van der Waals surface area contributed by atoms with Gasteiger partial charge >= 0.3 is 0 Å². The van der Waals surface area contributed by atoms with Crippen LogP contribution in [0.1, 0.15) is 50.5 Å². The molecule has 0 saturated heterocycles. The van der Waals surface area contributed by atoms with Crippen molar-refractivity contribution in [1.82, 2.24) is 9.62 Å². The number of sulfonamides is 1. The highest BCUT2D eigenvalue weighted by molar-refractivity contribution is 7.89. The summed E-state index contributed by atoms with van der Waals surface area (Å²) >= 11 is 1.54. The van der Waals surface area contributed by atoms with Gasteiger partial charge in [-0.05, 0) is 51.0 Å². The fourth-order valence-electron chi connectivity index (χ4n) is 2.17. The van der Waals surface area contributed by atoms with Crippen LogP contribution in [-0.2, 0) is 16.6 Å². The second kappa shape index (κ2) is 5.99. The van der Waals surface area contributed by atoms with Gasteiger partial charge < -0.3 is 5.32 Å². The molecular weight excluding hydrogens is 304 g/mol. The summed E-state index contributed by atoms with van der Waals surface area (Å²) in [6.45, 7) is 8.49. The summed E-state index contributed by atoms with van der Waals surface area (Å²) < 4.78 is 27.5. The molecular formula is C15H26N2O2S2. The van der Waals surface area contributed by atoms with Crippen molar-refractivity contribution in [3.63, 3.8) is 0 Å². The Balaban J connectivity index is 2.32. The molecule has 0 bridgehead atoms. The smallest absolute Gasteiger partial charge is 0.244 e. The van der Waals surface area contributed by atoms with Crippen molar-refractivity contribution < 1.29 is 8.42 Å². The van der Waals surface area contributed by atoms with E-state index in [0.29, 0.717) is 17.5 Å². The fraction of sp³-hybridized carbons (Fsp3) is 0.733. The number of hydrogen-bond donors (Lipinski definition) is 1. The average molecular weight is 331 g/mol. The first-order valence-electron chi connectivity index (χ1n) is 7.49. The maximum atomic E-state index is 13.0. The molecule has 120 valence electrons. The van der Waals surface area contributed by atoms with Crippen molar-refractivity contribution in [2.45, 2.75) is 70.0 Å². The summed E-state index contributed by atoms with van der Waals surface area (Å²) in [7, 11) is -1.76. The zero-order valence-electron chi connectivity index (χ0n) is 13.6. The van der Waals surface area contributed by atoms with Crippen molar-refractivity contribution in [2.24, 2.45) is 0 Å². The Labute approximate surface area is 132 Å². The van der Waals surface area contributed by atoms with Gasteiger partial charge in [-0.3, -0.25) is 0 Å². The molecule has 1 aliphatic carbocycles. The van der Waals surface area contributed by atoms with Crippen molar-refractivity contribution in [1.29, 1.82) is 0 Å². The van der Waals surface area contributed by atoms with E-state index in [1.807, 2.05) is 33.1 Å². The molecule has 1 aromatic heterocycles. The second-order valence-electron chi connectivity index (χ2n) is 6.46. The summed E-state index contributed by atoms with van der Waals surface area (Å²) in [4.78, 5) is 1.43. The minimum atomic E-state index is -3.45. The van der Waals surface area contributed by atoms with E-state index in [1.54, 1.807) is 18.4 Å². The second-order valence-corrected chi connectivity index (χ2v) is 9.34. The molecule has 0 aromatic carbocycles. The van der Waals surface area contributed by atoms with Crippen LogP contribution in [0, 0.1) is 6.92 Å². The van der Waals surface area contributed by atoms with Gasteiger partial charge in [0.15, 0.2) is 0 Å². The largest absolute Gasteiger partial charge is 0.309 e. The Bertz CT molecular complexity index is 601. The van der Waals surface area contributed by atoms with Crippen molar-refractivity contribution in [2.75, 3.05) is 7.05 Å². The Kier molecular flexibility index (Phi) is 4.83. The predicted octanol–water partition coefficient (Wildman–Crippen LogP) is 3.12. The van der Waals surface area contributed by atoms with E-state index in [0.717, 1.165) is 16.9 Å². The van der Waals surface area contributed by atoms with E-state index < -0.39 is 10.0 Å². The van der Waals surface area contributed by atoms with Crippen LogP contribution in [0.15, 0.2) is 10.3 Å². The molecule has 0 amide bonds. The molecule has 2 rings (SSSR count). The number of hydrogen-bond acceptors (Lipinski definition) is 4. The van der Waals surface area contributed by atoms with Gasteiger partial charge in [-0.2, -0.15) is 4.31 Å². The van der Waals surface area contributed by atoms with Crippen LogP contribution < -0.4 is 5.32 Å².